The first-order chi connectivity index (χ1) is 18.6. The lowest BCUT2D eigenvalue weighted by Gasteiger charge is -2.29. The third-order valence-electron chi connectivity index (χ3n) is 6.12. The molecule has 8 heteroatoms. The van der Waals surface area contributed by atoms with E-state index in [4.69, 9.17) is 19.6 Å². The number of hydrogen-bond donors (Lipinski definition) is 2. The van der Waals surface area contributed by atoms with Crippen molar-refractivity contribution in [3.8, 4) is 5.75 Å². The molecule has 1 aliphatic rings. The van der Waals surface area contributed by atoms with Crippen LogP contribution in [0.15, 0.2) is 94.4 Å². The fourth-order valence-electron chi connectivity index (χ4n) is 4.21. The molecule has 0 spiro atoms. The minimum Gasteiger partial charge on any atom is -0.494 e. The standard InChI is InChI=1S/C30H30BrFN2O4/c31-25-13-9-23(10-14-25)27-30(29(36)33-19-18-32,17-4-8-22-6-2-1-3-7-22)34-28(38-27)24-11-15-26(16-12-24)37-21-5-20-35/h1-4,6-16,27,35H,5,17-21H2,(H,33,36)/b8-4+/t27-,30-/m1/s1. The third kappa shape index (κ3) is 6.68. The number of ether oxygens (including phenoxy) is 2. The number of nitrogens with one attached hydrogen (secondary N) is 1. The molecule has 0 unspecified atom stereocenters. The first-order valence-corrected chi connectivity index (χ1v) is 13.3. The molecule has 2 N–H and O–H groups in total. The number of amides is 1. The summed E-state index contributed by atoms with van der Waals surface area (Å²) in [6.45, 7) is -0.323. The fraction of sp³-hybridized carbons (Fsp3) is 0.267. The number of rotatable bonds is 12. The number of benzene rings is 3. The van der Waals surface area contributed by atoms with Crippen molar-refractivity contribution in [2.24, 2.45) is 4.99 Å². The average Bonchev–Trinajstić information content (AvgIpc) is 3.34. The molecule has 4 rings (SSSR count). The molecule has 3 aromatic carbocycles. The van der Waals surface area contributed by atoms with Crippen LogP contribution >= 0.6 is 15.9 Å². The number of alkyl halides is 1. The number of aliphatic hydroxyl groups is 1. The van der Waals surface area contributed by atoms with Crippen molar-refractivity contribution in [3.05, 3.63) is 106 Å². The van der Waals surface area contributed by atoms with E-state index >= 15 is 0 Å². The molecule has 1 amide bonds. The molecule has 0 fully saturated rings. The van der Waals surface area contributed by atoms with Crippen molar-refractivity contribution in [1.29, 1.82) is 0 Å². The van der Waals surface area contributed by atoms with Crippen molar-refractivity contribution in [2.75, 3.05) is 26.4 Å². The van der Waals surface area contributed by atoms with Gasteiger partial charge in [0.15, 0.2) is 11.6 Å². The van der Waals surface area contributed by atoms with Gasteiger partial charge in [-0.3, -0.25) is 4.79 Å². The molecule has 2 atom stereocenters. The second-order valence-electron chi connectivity index (χ2n) is 8.80. The lowest BCUT2D eigenvalue weighted by atomic mass is 9.84. The molecule has 0 saturated heterocycles. The number of hydrogen-bond acceptors (Lipinski definition) is 5. The highest BCUT2D eigenvalue weighted by atomic mass is 79.9. The van der Waals surface area contributed by atoms with Gasteiger partial charge in [0.1, 0.15) is 12.4 Å². The number of nitrogens with zero attached hydrogens (tertiary/aromatic N) is 1. The van der Waals surface area contributed by atoms with Gasteiger partial charge in [0.05, 0.1) is 6.61 Å². The minimum absolute atomic E-state index is 0.0610. The van der Waals surface area contributed by atoms with Gasteiger partial charge in [-0.05, 0) is 47.5 Å². The lowest BCUT2D eigenvalue weighted by molar-refractivity contribution is -0.128. The van der Waals surface area contributed by atoms with Crippen molar-refractivity contribution in [3.63, 3.8) is 0 Å². The van der Waals surface area contributed by atoms with Gasteiger partial charge in [0.25, 0.3) is 5.91 Å². The van der Waals surface area contributed by atoms with Gasteiger partial charge in [-0.15, -0.1) is 0 Å². The smallest absolute Gasteiger partial charge is 0.252 e. The van der Waals surface area contributed by atoms with E-state index in [9.17, 15) is 9.18 Å². The van der Waals surface area contributed by atoms with Crippen LogP contribution in [0.3, 0.4) is 0 Å². The Morgan fingerprint density at radius 1 is 1.11 bits per heavy atom. The second kappa shape index (κ2) is 13.3. The first-order valence-electron chi connectivity index (χ1n) is 12.5. The van der Waals surface area contributed by atoms with E-state index in [-0.39, 0.29) is 19.6 Å². The predicted molar refractivity (Wildman–Crippen MR) is 150 cm³/mol. The van der Waals surface area contributed by atoms with Gasteiger partial charge < -0.3 is 19.9 Å². The van der Waals surface area contributed by atoms with Crippen LogP contribution in [0.1, 0.15) is 35.6 Å². The van der Waals surface area contributed by atoms with Crippen LogP contribution in [0.25, 0.3) is 6.08 Å². The minimum atomic E-state index is -1.35. The van der Waals surface area contributed by atoms with Crippen molar-refractivity contribution >= 4 is 33.8 Å². The summed E-state index contributed by atoms with van der Waals surface area (Å²) in [6.07, 6.45) is 3.90. The van der Waals surface area contributed by atoms with E-state index in [1.807, 2.05) is 78.9 Å². The maximum atomic E-state index is 13.6. The van der Waals surface area contributed by atoms with Crippen molar-refractivity contribution in [2.45, 2.75) is 24.5 Å². The van der Waals surface area contributed by atoms with Gasteiger partial charge in [0, 0.05) is 36.0 Å². The zero-order valence-corrected chi connectivity index (χ0v) is 22.4. The molecule has 6 nitrogen and oxygen atoms in total. The molecule has 0 bridgehead atoms. The lowest BCUT2D eigenvalue weighted by Crippen LogP contribution is -2.48. The number of aliphatic imine (C=N–C) groups is 1. The summed E-state index contributed by atoms with van der Waals surface area (Å²) in [5, 5.41) is 11.7. The van der Waals surface area contributed by atoms with Crippen LogP contribution in [0.4, 0.5) is 4.39 Å². The summed E-state index contributed by atoms with van der Waals surface area (Å²) < 4.78 is 26.0. The summed E-state index contributed by atoms with van der Waals surface area (Å²) >= 11 is 3.46. The molecule has 0 radical (unpaired) electrons. The number of aliphatic hydroxyl groups excluding tert-OH is 1. The molecule has 1 aliphatic heterocycles. The molecule has 1 heterocycles. The van der Waals surface area contributed by atoms with E-state index in [1.165, 1.54) is 0 Å². The van der Waals surface area contributed by atoms with Crippen LogP contribution < -0.4 is 10.1 Å². The van der Waals surface area contributed by atoms with E-state index in [1.54, 1.807) is 12.1 Å². The summed E-state index contributed by atoms with van der Waals surface area (Å²) in [4.78, 5) is 18.5. The van der Waals surface area contributed by atoms with E-state index in [0.29, 0.717) is 30.2 Å². The van der Waals surface area contributed by atoms with Gasteiger partial charge in [-0.1, -0.05) is 70.5 Å². The molecular weight excluding hydrogens is 551 g/mol. The Labute approximate surface area is 230 Å². The summed E-state index contributed by atoms with van der Waals surface area (Å²) in [6, 6.07) is 24.6. The first kappa shape index (κ1) is 27.5. The van der Waals surface area contributed by atoms with Crippen molar-refractivity contribution in [1.82, 2.24) is 5.32 Å². The van der Waals surface area contributed by atoms with Gasteiger partial charge in [-0.2, -0.15) is 0 Å². The quantitative estimate of drug-likeness (QED) is 0.271. The van der Waals surface area contributed by atoms with Crippen LogP contribution in [-0.4, -0.2) is 48.9 Å². The van der Waals surface area contributed by atoms with E-state index in [2.05, 4.69) is 21.2 Å². The Balaban J connectivity index is 1.71. The fourth-order valence-corrected chi connectivity index (χ4v) is 4.47. The highest BCUT2D eigenvalue weighted by Gasteiger charge is 2.52. The largest absolute Gasteiger partial charge is 0.494 e. The number of carbonyl (C=O) groups excluding carboxylic acids is 1. The highest BCUT2D eigenvalue weighted by molar-refractivity contribution is 9.10. The third-order valence-corrected chi connectivity index (χ3v) is 6.65. The van der Waals surface area contributed by atoms with Crippen molar-refractivity contribution < 1.29 is 23.8 Å². The molecular formula is C30H30BrFN2O4. The van der Waals surface area contributed by atoms with Crippen LogP contribution in [-0.2, 0) is 9.53 Å². The van der Waals surface area contributed by atoms with Gasteiger partial charge >= 0.3 is 0 Å². The molecule has 198 valence electrons. The van der Waals surface area contributed by atoms with Crippen LogP contribution in [0, 0.1) is 0 Å². The second-order valence-corrected chi connectivity index (χ2v) is 9.72. The Bertz CT molecular complexity index is 1250. The molecule has 3 aromatic rings. The monoisotopic (exact) mass is 580 g/mol. The molecule has 0 saturated carbocycles. The molecule has 0 aromatic heterocycles. The number of carbonyl (C=O) groups is 1. The molecule has 0 aliphatic carbocycles. The summed E-state index contributed by atoms with van der Waals surface area (Å²) in [5.74, 6) is 0.575. The zero-order valence-electron chi connectivity index (χ0n) is 20.9. The normalized spacial score (nSPS) is 18.7. The maximum absolute atomic E-state index is 13.6. The highest BCUT2D eigenvalue weighted by Crippen LogP contribution is 2.43. The maximum Gasteiger partial charge on any atom is 0.252 e. The predicted octanol–water partition coefficient (Wildman–Crippen LogP) is 5.66. The van der Waals surface area contributed by atoms with Crippen LogP contribution in [0.2, 0.25) is 0 Å². The SMILES string of the molecule is O=C(NCCF)[C@]1(C/C=C/c2ccccc2)N=C(c2ccc(OCCCO)cc2)O[C@@H]1c1ccc(Br)cc1. The Morgan fingerprint density at radius 3 is 2.53 bits per heavy atom. The van der Waals surface area contributed by atoms with Crippen LogP contribution in [0.5, 0.6) is 5.75 Å². The topological polar surface area (TPSA) is 80.2 Å². The Morgan fingerprint density at radius 2 is 1.84 bits per heavy atom. The zero-order chi connectivity index (χ0) is 26.8. The Kier molecular flexibility index (Phi) is 9.67. The summed E-state index contributed by atoms with van der Waals surface area (Å²) in [7, 11) is 0. The number of halogens is 2. The van der Waals surface area contributed by atoms with Gasteiger partial charge in [-0.25, -0.2) is 9.38 Å². The Hall–Kier alpha value is -3.49. The summed E-state index contributed by atoms with van der Waals surface area (Å²) in [5.41, 5.74) is 1.11. The van der Waals surface area contributed by atoms with E-state index in [0.717, 1.165) is 15.6 Å². The molecule has 38 heavy (non-hydrogen) atoms. The van der Waals surface area contributed by atoms with E-state index < -0.39 is 24.2 Å². The van der Waals surface area contributed by atoms with Gasteiger partial charge in [0.2, 0.25) is 5.90 Å². The average molecular weight is 581 g/mol.